The van der Waals surface area contributed by atoms with Gasteiger partial charge in [-0.2, -0.15) is 5.14 Å². The zero-order chi connectivity index (χ0) is 8.27. The van der Waals surface area contributed by atoms with E-state index >= 15 is 0 Å². The van der Waals surface area contributed by atoms with Crippen LogP contribution < -0.4 is 5.14 Å². The van der Waals surface area contributed by atoms with Crippen LogP contribution in [0.15, 0.2) is 30.3 Å². The summed E-state index contributed by atoms with van der Waals surface area (Å²) in [5.41, 5.74) is 1.02. The lowest BCUT2D eigenvalue weighted by Gasteiger charge is -2.11. The molecular formula is C8H11NOS. The van der Waals surface area contributed by atoms with Crippen LogP contribution in [0.4, 0.5) is 0 Å². The third kappa shape index (κ3) is 2.22. The maximum absolute atomic E-state index is 10.8. The molecule has 1 aromatic carbocycles. The second-order valence-corrected chi connectivity index (χ2v) is 3.75. The molecule has 0 saturated heterocycles. The highest BCUT2D eigenvalue weighted by Crippen LogP contribution is 2.17. The van der Waals surface area contributed by atoms with E-state index in [1.165, 1.54) is 0 Å². The van der Waals surface area contributed by atoms with E-state index in [-0.39, 0.29) is 5.25 Å². The number of hydrogen-bond acceptors (Lipinski definition) is 2. The zero-order valence-electron chi connectivity index (χ0n) is 6.36. The molecular weight excluding hydrogens is 158 g/mol. The number of benzene rings is 1. The SMILES string of the molecule is CC(c1ccccc1)[S+](N)[O-]. The van der Waals surface area contributed by atoms with E-state index < -0.39 is 11.4 Å². The Kier molecular flexibility index (Phi) is 2.93. The minimum atomic E-state index is -1.26. The van der Waals surface area contributed by atoms with Crippen LogP contribution in [0.2, 0.25) is 0 Å². The van der Waals surface area contributed by atoms with Crippen molar-refractivity contribution in [2.45, 2.75) is 12.2 Å². The molecule has 2 unspecified atom stereocenters. The van der Waals surface area contributed by atoms with Gasteiger partial charge in [0, 0.05) is 16.9 Å². The van der Waals surface area contributed by atoms with E-state index in [9.17, 15) is 4.55 Å². The fraction of sp³-hybridized carbons (Fsp3) is 0.250. The van der Waals surface area contributed by atoms with Gasteiger partial charge in [0.2, 0.25) is 0 Å². The zero-order valence-corrected chi connectivity index (χ0v) is 7.17. The summed E-state index contributed by atoms with van der Waals surface area (Å²) in [6, 6.07) is 9.61. The smallest absolute Gasteiger partial charge is 0.157 e. The summed E-state index contributed by atoms with van der Waals surface area (Å²) in [7, 11) is 0. The molecule has 2 N–H and O–H groups in total. The largest absolute Gasteiger partial charge is 0.598 e. The second kappa shape index (κ2) is 3.76. The Hall–Kier alpha value is -0.510. The molecule has 1 aromatic rings. The summed E-state index contributed by atoms with van der Waals surface area (Å²) in [6.45, 7) is 1.85. The Labute approximate surface area is 69.7 Å². The maximum Gasteiger partial charge on any atom is 0.157 e. The molecule has 2 nitrogen and oxygen atoms in total. The first kappa shape index (κ1) is 8.59. The molecule has 0 aromatic heterocycles. The molecule has 2 atom stereocenters. The quantitative estimate of drug-likeness (QED) is 0.680. The lowest BCUT2D eigenvalue weighted by Crippen LogP contribution is -2.19. The van der Waals surface area contributed by atoms with Crippen molar-refractivity contribution in [1.82, 2.24) is 0 Å². The Morgan fingerprint density at radius 1 is 1.36 bits per heavy atom. The number of rotatable bonds is 2. The standard InChI is InChI=1S/C8H11NOS/c1-7(11(9)10)8-5-3-2-4-6-8/h2-7H,9H2,1H3. The van der Waals surface area contributed by atoms with Crippen LogP contribution in [-0.4, -0.2) is 4.55 Å². The fourth-order valence-corrected chi connectivity index (χ4v) is 1.28. The molecule has 0 aliphatic carbocycles. The highest BCUT2D eigenvalue weighted by Gasteiger charge is 2.14. The monoisotopic (exact) mass is 169 g/mol. The highest BCUT2D eigenvalue weighted by molar-refractivity contribution is 7.89. The predicted octanol–water partition coefficient (Wildman–Crippen LogP) is 1.37. The Morgan fingerprint density at radius 2 is 1.91 bits per heavy atom. The third-order valence-electron chi connectivity index (χ3n) is 1.62. The molecule has 11 heavy (non-hydrogen) atoms. The van der Waals surface area contributed by atoms with Crippen molar-refractivity contribution in [2.75, 3.05) is 0 Å². The average molecular weight is 169 g/mol. The molecule has 0 radical (unpaired) electrons. The van der Waals surface area contributed by atoms with E-state index in [1.54, 1.807) is 0 Å². The summed E-state index contributed by atoms with van der Waals surface area (Å²) in [4.78, 5) is 0. The van der Waals surface area contributed by atoms with Crippen molar-refractivity contribution < 1.29 is 4.55 Å². The van der Waals surface area contributed by atoms with Gasteiger partial charge in [-0.1, -0.05) is 30.3 Å². The van der Waals surface area contributed by atoms with Gasteiger partial charge < -0.3 is 4.55 Å². The lowest BCUT2D eigenvalue weighted by molar-refractivity contribution is 0.587. The number of nitrogens with two attached hydrogens (primary N) is 1. The van der Waals surface area contributed by atoms with E-state index in [4.69, 9.17) is 5.14 Å². The first-order valence-electron chi connectivity index (χ1n) is 3.41. The van der Waals surface area contributed by atoms with Gasteiger partial charge in [-0.05, 0) is 6.92 Å². The molecule has 0 saturated carbocycles. The maximum atomic E-state index is 10.8. The fourth-order valence-electron chi connectivity index (χ4n) is 0.858. The molecule has 0 aliphatic heterocycles. The third-order valence-corrected chi connectivity index (χ3v) is 2.59. The molecule has 0 aliphatic rings. The second-order valence-electron chi connectivity index (χ2n) is 2.38. The Balaban J connectivity index is 2.77. The molecule has 0 heterocycles. The van der Waals surface area contributed by atoms with Crippen LogP contribution >= 0.6 is 0 Å². The molecule has 0 spiro atoms. The van der Waals surface area contributed by atoms with Gasteiger partial charge in [0.05, 0.1) is 0 Å². The van der Waals surface area contributed by atoms with Crippen LogP contribution in [0.3, 0.4) is 0 Å². The van der Waals surface area contributed by atoms with Crippen molar-refractivity contribution in [1.29, 1.82) is 0 Å². The topological polar surface area (TPSA) is 49.1 Å². The molecule has 1 rings (SSSR count). The van der Waals surface area contributed by atoms with E-state index in [2.05, 4.69) is 0 Å². The van der Waals surface area contributed by atoms with E-state index in [0.29, 0.717) is 0 Å². The van der Waals surface area contributed by atoms with Crippen molar-refractivity contribution >= 4 is 11.4 Å². The van der Waals surface area contributed by atoms with Crippen molar-refractivity contribution in [3.8, 4) is 0 Å². The highest BCUT2D eigenvalue weighted by atomic mass is 32.2. The van der Waals surface area contributed by atoms with Crippen LogP contribution in [-0.2, 0) is 11.4 Å². The summed E-state index contributed by atoms with van der Waals surface area (Å²) in [5, 5.41) is 5.17. The van der Waals surface area contributed by atoms with Gasteiger partial charge in [-0.15, -0.1) is 0 Å². The Bertz CT molecular complexity index is 213. The van der Waals surface area contributed by atoms with Crippen LogP contribution in [0, 0.1) is 0 Å². The van der Waals surface area contributed by atoms with Gasteiger partial charge in [-0.3, -0.25) is 0 Å². The van der Waals surface area contributed by atoms with Crippen LogP contribution in [0.5, 0.6) is 0 Å². The van der Waals surface area contributed by atoms with E-state index in [1.807, 2.05) is 37.3 Å². The summed E-state index contributed by atoms with van der Waals surface area (Å²) < 4.78 is 10.8. The summed E-state index contributed by atoms with van der Waals surface area (Å²) >= 11 is -1.26. The van der Waals surface area contributed by atoms with Crippen molar-refractivity contribution in [3.05, 3.63) is 35.9 Å². The molecule has 3 heteroatoms. The molecule has 0 fully saturated rings. The number of hydrogen-bond donors (Lipinski definition) is 1. The van der Waals surface area contributed by atoms with E-state index in [0.717, 1.165) is 5.56 Å². The van der Waals surface area contributed by atoms with Gasteiger partial charge in [0.25, 0.3) is 0 Å². The molecule has 60 valence electrons. The van der Waals surface area contributed by atoms with Crippen LogP contribution in [0.25, 0.3) is 0 Å². The Morgan fingerprint density at radius 3 is 2.36 bits per heavy atom. The first-order valence-corrected chi connectivity index (χ1v) is 4.69. The lowest BCUT2D eigenvalue weighted by atomic mass is 10.2. The van der Waals surface area contributed by atoms with Gasteiger partial charge in [0.1, 0.15) is 0 Å². The average Bonchev–Trinajstić information content (AvgIpc) is 2.05. The minimum absolute atomic E-state index is 0.0730. The van der Waals surface area contributed by atoms with Crippen molar-refractivity contribution in [2.24, 2.45) is 5.14 Å². The van der Waals surface area contributed by atoms with Gasteiger partial charge >= 0.3 is 0 Å². The summed E-state index contributed by atoms with van der Waals surface area (Å²) in [6.07, 6.45) is 0. The van der Waals surface area contributed by atoms with Crippen molar-refractivity contribution in [3.63, 3.8) is 0 Å². The van der Waals surface area contributed by atoms with Crippen LogP contribution in [0.1, 0.15) is 17.7 Å². The first-order chi connectivity index (χ1) is 5.22. The predicted molar refractivity (Wildman–Crippen MR) is 47.2 cm³/mol. The molecule has 0 amide bonds. The van der Waals surface area contributed by atoms with Gasteiger partial charge in [-0.25, -0.2) is 0 Å². The normalized spacial score (nSPS) is 15.9. The minimum Gasteiger partial charge on any atom is -0.598 e. The van der Waals surface area contributed by atoms with Gasteiger partial charge in [0.15, 0.2) is 5.25 Å². The molecule has 0 bridgehead atoms. The summed E-state index contributed by atoms with van der Waals surface area (Å²) in [5.74, 6) is 0.